The van der Waals surface area contributed by atoms with E-state index in [-0.39, 0.29) is 5.69 Å². The number of amides is 1. The molecular weight excluding hydrogens is 252 g/mol. The van der Waals surface area contributed by atoms with Gasteiger partial charge in [-0.05, 0) is 12.1 Å². The molecule has 0 aliphatic rings. The second-order valence-corrected chi connectivity index (χ2v) is 3.55. The van der Waals surface area contributed by atoms with Crippen LogP contribution in [0.15, 0.2) is 41.1 Å². The van der Waals surface area contributed by atoms with Crippen LogP contribution in [0.4, 0.5) is 5.69 Å². The third-order valence-corrected chi connectivity index (χ3v) is 2.12. The Balaban J connectivity index is 2.02. The summed E-state index contributed by atoms with van der Waals surface area (Å²) in [7, 11) is 0. The normalized spacial score (nSPS) is 9.89. The Labute approximate surface area is 107 Å². The van der Waals surface area contributed by atoms with Gasteiger partial charge in [-0.25, -0.2) is 4.79 Å². The van der Waals surface area contributed by atoms with Gasteiger partial charge in [0.05, 0.1) is 0 Å². The number of carboxylic acids is 1. The van der Waals surface area contributed by atoms with E-state index in [1.165, 1.54) is 18.4 Å². The standard InChI is InChI=1S/C12H10N2O5/c15-11(16)7-18-9-3-1-2-8(6-9)13-12(17)10-4-5-19-14-10/h1-6H,7H2,(H,13,17)(H,15,16). The quantitative estimate of drug-likeness (QED) is 0.844. The van der Waals surface area contributed by atoms with Gasteiger partial charge in [-0.1, -0.05) is 11.2 Å². The van der Waals surface area contributed by atoms with Gasteiger partial charge in [0.1, 0.15) is 12.0 Å². The number of aromatic nitrogens is 1. The third-order valence-electron chi connectivity index (χ3n) is 2.12. The van der Waals surface area contributed by atoms with E-state index in [0.29, 0.717) is 11.4 Å². The third kappa shape index (κ3) is 3.56. The van der Waals surface area contributed by atoms with Gasteiger partial charge in [0, 0.05) is 17.8 Å². The average Bonchev–Trinajstić information content (AvgIpc) is 2.91. The lowest BCUT2D eigenvalue weighted by atomic mass is 10.3. The summed E-state index contributed by atoms with van der Waals surface area (Å²) in [5, 5.41) is 14.6. The van der Waals surface area contributed by atoms with Crippen LogP contribution in [0, 0.1) is 0 Å². The van der Waals surface area contributed by atoms with Crippen LogP contribution in [-0.2, 0) is 4.79 Å². The van der Waals surface area contributed by atoms with Gasteiger partial charge < -0.3 is 19.7 Å². The van der Waals surface area contributed by atoms with E-state index in [2.05, 4.69) is 15.0 Å². The highest BCUT2D eigenvalue weighted by Crippen LogP contribution is 2.17. The first-order valence-corrected chi connectivity index (χ1v) is 5.31. The van der Waals surface area contributed by atoms with Gasteiger partial charge in [0.15, 0.2) is 12.3 Å². The van der Waals surface area contributed by atoms with Crippen LogP contribution in [-0.4, -0.2) is 28.7 Å². The fourth-order valence-corrected chi connectivity index (χ4v) is 1.33. The lowest BCUT2D eigenvalue weighted by Crippen LogP contribution is -2.13. The van der Waals surface area contributed by atoms with Crippen molar-refractivity contribution in [1.82, 2.24) is 5.16 Å². The van der Waals surface area contributed by atoms with Crippen LogP contribution >= 0.6 is 0 Å². The molecule has 0 spiro atoms. The lowest BCUT2D eigenvalue weighted by molar-refractivity contribution is -0.139. The molecule has 7 nitrogen and oxygen atoms in total. The highest BCUT2D eigenvalue weighted by molar-refractivity contribution is 6.02. The summed E-state index contributed by atoms with van der Waals surface area (Å²) in [5.74, 6) is -1.15. The van der Waals surface area contributed by atoms with Gasteiger partial charge in [-0.15, -0.1) is 0 Å². The van der Waals surface area contributed by atoms with Crippen molar-refractivity contribution < 1.29 is 24.0 Å². The van der Waals surface area contributed by atoms with E-state index in [0.717, 1.165) is 0 Å². The van der Waals surface area contributed by atoms with E-state index < -0.39 is 18.5 Å². The zero-order valence-corrected chi connectivity index (χ0v) is 9.70. The molecule has 98 valence electrons. The molecule has 0 radical (unpaired) electrons. The van der Waals surface area contributed by atoms with E-state index >= 15 is 0 Å². The summed E-state index contributed by atoms with van der Waals surface area (Å²) in [6.07, 6.45) is 1.29. The molecule has 0 aliphatic carbocycles. The van der Waals surface area contributed by atoms with E-state index in [4.69, 9.17) is 9.84 Å². The molecule has 19 heavy (non-hydrogen) atoms. The summed E-state index contributed by atoms with van der Waals surface area (Å²) in [4.78, 5) is 22.1. The first kappa shape index (κ1) is 12.6. The van der Waals surface area contributed by atoms with Crippen LogP contribution < -0.4 is 10.1 Å². The Kier molecular flexibility index (Phi) is 3.77. The maximum absolute atomic E-state index is 11.7. The molecule has 7 heteroatoms. The predicted molar refractivity (Wildman–Crippen MR) is 64.0 cm³/mol. The summed E-state index contributed by atoms with van der Waals surface area (Å²) in [5.41, 5.74) is 0.618. The van der Waals surface area contributed by atoms with E-state index in [1.807, 2.05) is 0 Å². The Hall–Kier alpha value is -2.83. The smallest absolute Gasteiger partial charge is 0.341 e. The summed E-state index contributed by atoms with van der Waals surface area (Å²) in [6.45, 7) is -0.444. The number of anilines is 1. The van der Waals surface area contributed by atoms with Crippen LogP contribution in [0.5, 0.6) is 5.75 Å². The number of rotatable bonds is 5. The minimum absolute atomic E-state index is 0.150. The molecule has 2 N–H and O–H groups in total. The fraction of sp³-hybridized carbons (Fsp3) is 0.0833. The SMILES string of the molecule is O=C(O)COc1cccc(NC(=O)c2ccon2)c1. The van der Waals surface area contributed by atoms with Crippen molar-refractivity contribution in [2.75, 3.05) is 11.9 Å². The number of carbonyl (C=O) groups is 2. The molecule has 0 saturated heterocycles. The van der Waals surface area contributed by atoms with E-state index in [1.54, 1.807) is 18.2 Å². The summed E-state index contributed by atoms with van der Waals surface area (Å²) in [6, 6.07) is 7.82. The number of nitrogens with one attached hydrogen (secondary N) is 1. The largest absolute Gasteiger partial charge is 0.482 e. The van der Waals surface area contributed by atoms with Crippen molar-refractivity contribution in [1.29, 1.82) is 0 Å². The molecule has 0 aliphatic heterocycles. The van der Waals surface area contributed by atoms with Crippen LogP contribution in [0.25, 0.3) is 0 Å². The maximum atomic E-state index is 11.7. The van der Waals surface area contributed by atoms with Gasteiger partial charge in [-0.3, -0.25) is 4.79 Å². The van der Waals surface area contributed by atoms with Crippen LogP contribution in [0.1, 0.15) is 10.5 Å². The molecule has 1 aromatic heterocycles. The molecule has 0 atom stereocenters. The highest BCUT2D eigenvalue weighted by Gasteiger charge is 2.09. The van der Waals surface area contributed by atoms with Gasteiger partial charge in [-0.2, -0.15) is 0 Å². The number of benzene rings is 1. The van der Waals surface area contributed by atoms with Gasteiger partial charge in [0.25, 0.3) is 5.91 Å². The minimum Gasteiger partial charge on any atom is -0.482 e. The highest BCUT2D eigenvalue weighted by atomic mass is 16.5. The number of carbonyl (C=O) groups excluding carboxylic acids is 1. The van der Waals surface area contributed by atoms with E-state index in [9.17, 15) is 9.59 Å². The zero-order chi connectivity index (χ0) is 13.7. The molecule has 1 heterocycles. The van der Waals surface area contributed by atoms with Crippen molar-refractivity contribution in [3.63, 3.8) is 0 Å². The second-order valence-electron chi connectivity index (χ2n) is 3.55. The predicted octanol–water partition coefficient (Wildman–Crippen LogP) is 1.39. The number of ether oxygens (including phenoxy) is 1. The Bertz CT molecular complexity index is 580. The number of carboxylic acid groups (broad SMARTS) is 1. The minimum atomic E-state index is -1.07. The molecule has 0 saturated carbocycles. The molecule has 0 bridgehead atoms. The Morgan fingerprint density at radius 2 is 2.21 bits per heavy atom. The maximum Gasteiger partial charge on any atom is 0.341 e. The van der Waals surface area contributed by atoms with Crippen molar-refractivity contribution in [2.24, 2.45) is 0 Å². The molecule has 2 rings (SSSR count). The molecule has 2 aromatic rings. The van der Waals surface area contributed by atoms with Crippen LogP contribution in [0.2, 0.25) is 0 Å². The second kappa shape index (κ2) is 5.67. The van der Waals surface area contributed by atoms with Crippen LogP contribution in [0.3, 0.4) is 0 Å². The van der Waals surface area contributed by atoms with Gasteiger partial charge in [0.2, 0.25) is 0 Å². The molecule has 1 aromatic carbocycles. The number of nitrogens with zero attached hydrogens (tertiary/aromatic N) is 1. The van der Waals surface area contributed by atoms with Crippen molar-refractivity contribution in [3.05, 3.63) is 42.3 Å². The van der Waals surface area contributed by atoms with Crippen molar-refractivity contribution in [2.45, 2.75) is 0 Å². The molecular formula is C12H10N2O5. The first-order chi connectivity index (χ1) is 9.15. The Morgan fingerprint density at radius 3 is 2.89 bits per heavy atom. The zero-order valence-electron chi connectivity index (χ0n) is 9.70. The topological polar surface area (TPSA) is 102 Å². The summed E-state index contributed by atoms with van der Waals surface area (Å²) < 4.78 is 9.56. The summed E-state index contributed by atoms with van der Waals surface area (Å²) >= 11 is 0. The number of aliphatic carboxylic acids is 1. The first-order valence-electron chi connectivity index (χ1n) is 5.31. The Morgan fingerprint density at radius 1 is 1.37 bits per heavy atom. The molecule has 0 unspecified atom stereocenters. The fourth-order valence-electron chi connectivity index (χ4n) is 1.33. The average molecular weight is 262 g/mol. The number of hydrogen-bond donors (Lipinski definition) is 2. The molecule has 1 amide bonds. The lowest BCUT2D eigenvalue weighted by Gasteiger charge is -2.06. The number of hydrogen-bond acceptors (Lipinski definition) is 5. The van der Waals surface area contributed by atoms with Crippen molar-refractivity contribution in [3.8, 4) is 5.75 Å². The van der Waals surface area contributed by atoms with Gasteiger partial charge >= 0.3 is 5.97 Å². The molecule has 0 fully saturated rings. The van der Waals surface area contributed by atoms with Crippen molar-refractivity contribution >= 4 is 17.6 Å². The monoisotopic (exact) mass is 262 g/mol.